The van der Waals surface area contributed by atoms with Gasteiger partial charge >= 0.3 is 0 Å². The Bertz CT molecular complexity index is 177. The number of rotatable bonds is 4. The number of aromatic nitrogens is 2. The molecule has 0 atom stereocenters. The Morgan fingerprint density at radius 1 is 1.45 bits per heavy atom. The Labute approximate surface area is 67.4 Å². The topological polar surface area (TPSA) is 29.9 Å². The second kappa shape index (κ2) is 4.01. The Morgan fingerprint density at radius 2 is 2.18 bits per heavy atom. The number of imidazole rings is 1. The van der Waals surface area contributed by atoms with Crippen molar-refractivity contribution in [3.63, 3.8) is 0 Å². The van der Waals surface area contributed by atoms with Crippen LogP contribution in [0.1, 0.15) is 26.7 Å². The van der Waals surface area contributed by atoms with Gasteiger partial charge in [0.15, 0.2) is 0 Å². The lowest BCUT2D eigenvalue weighted by atomic mass is 10.2. The van der Waals surface area contributed by atoms with Gasteiger partial charge in [0.25, 0.3) is 0 Å². The zero-order chi connectivity index (χ0) is 8.10. The normalized spacial score (nSPS) is 10.5. The Kier molecular flexibility index (Phi) is 2.95. The largest absolute Gasteiger partial charge is 0.322 e. The van der Waals surface area contributed by atoms with E-state index >= 15 is 0 Å². The number of hydrogen-bond donors (Lipinski definition) is 1. The summed E-state index contributed by atoms with van der Waals surface area (Å²) in [7, 11) is 0. The number of nitrogens with zero attached hydrogens (tertiary/aromatic N) is 2. The molecule has 0 aliphatic heterocycles. The highest BCUT2D eigenvalue weighted by atomic mass is 15.4. The van der Waals surface area contributed by atoms with E-state index in [0.717, 1.165) is 12.8 Å². The minimum absolute atomic E-state index is 0.559. The Balaban J connectivity index is 2.41. The zero-order valence-electron chi connectivity index (χ0n) is 7.12. The smallest absolute Gasteiger partial charge is 0.114 e. The third-order valence-electron chi connectivity index (χ3n) is 1.82. The molecular formula is C8H15N3. The minimum Gasteiger partial charge on any atom is -0.322 e. The molecule has 3 heteroatoms. The zero-order valence-corrected chi connectivity index (χ0v) is 7.12. The predicted octanol–water partition coefficient (Wildman–Crippen LogP) is 1.62. The van der Waals surface area contributed by atoms with Gasteiger partial charge in [-0.2, -0.15) is 0 Å². The highest BCUT2D eigenvalue weighted by Crippen LogP contribution is 1.97. The van der Waals surface area contributed by atoms with E-state index in [1.807, 2.05) is 10.9 Å². The maximum Gasteiger partial charge on any atom is 0.114 e. The van der Waals surface area contributed by atoms with Gasteiger partial charge in [-0.3, -0.25) is 4.68 Å². The van der Waals surface area contributed by atoms with E-state index in [2.05, 4.69) is 24.3 Å². The van der Waals surface area contributed by atoms with Gasteiger partial charge in [0.05, 0.1) is 0 Å². The minimum atomic E-state index is 0.559. The van der Waals surface area contributed by atoms with Crippen LogP contribution in [0.5, 0.6) is 0 Å². The molecule has 0 saturated carbocycles. The van der Waals surface area contributed by atoms with E-state index in [0.29, 0.717) is 6.04 Å². The van der Waals surface area contributed by atoms with Gasteiger partial charge in [0.1, 0.15) is 6.33 Å². The second-order valence-corrected chi connectivity index (χ2v) is 2.61. The van der Waals surface area contributed by atoms with E-state index in [4.69, 9.17) is 0 Å². The first-order chi connectivity index (χ1) is 5.36. The van der Waals surface area contributed by atoms with Gasteiger partial charge < -0.3 is 5.43 Å². The summed E-state index contributed by atoms with van der Waals surface area (Å²) in [6.45, 7) is 4.36. The van der Waals surface area contributed by atoms with Crippen molar-refractivity contribution >= 4 is 0 Å². The van der Waals surface area contributed by atoms with Gasteiger partial charge in [-0.15, -0.1) is 0 Å². The van der Waals surface area contributed by atoms with E-state index in [-0.39, 0.29) is 0 Å². The fourth-order valence-corrected chi connectivity index (χ4v) is 1.02. The molecule has 1 N–H and O–H groups in total. The first-order valence-corrected chi connectivity index (χ1v) is 4.11. The molecule has 1 rings (SSSR count). The van der Waals surface area contributed by atoms with Crippen LogP contribution in [0.25, 0.3) is 0 Å². The molecular weight excluding hydrogens is 138 g/mol. The molecule has 0 spiro atoms. The van der Waals surface area contributed by atoms with Gasteiger partial charge in [0, 0.05) is 18.4 Å². The van der Waals surface area contributed by atoms with E-state index in [9.17, 15) is 0 Å². The molecule has 11 heavy (non-hydrogen) atoms. The first kappa shape index (κ1) is 8.11. The summed E-state index contributed by atoms with van der Waals surface area (Å²) < 4.78 is 1.90. The van der Waals surface area contributed by atoms with Crippen molar-refractivity contribution < 1.29 is 0 Å². The van der Waals surface area contributed by atoms with E-state index in [1.165, 1.54) is 0 Å². The van der Waals surface area contributed by atoms with Crippen molar-refractivity contribution in [3.8, 4) is 0 Å². The molecule has 0 aliphatic rings. The SMILES string of the molecule is CCC(CC)Nn1ccnc1. The Morgan fingerprint density at radius 3 is 2.64 bits per heavy atom. The van der Waals surface area contributed by atoms with Crippen LogP contribution in [0.3, 0.4) is 0 Å². The molecule has 0 radical (unpaired) electrons. The average Bonchev–Trinajstić information content (AvgIpc) is 2.52. The monoisotopic (exact) mass is 153 g/mol. The van der Waals surface area contributed by atoms with Crippen LogP contribution in [-0.2, 0) is 0 Å². The molecule has 0 amide bonds. The highest BCUT2D eigenvalue weighted by Gasteiger charge is 2.00. The lowest BCUT2D eigenvalue weighted by Crippen LogP contribution is -2.25. The van der Waals surface area contributed by atoms with Gasteiger partial charge in [-0.1, -0.05) is 13.8 Å². The van der Waals surface area contributed by atoms with Crippen molar-refractivity contribution in [2.45, 2.75) is 32.7 Å². The van der Waals surface area contributed by atoms with E-state index in [1.54, 1.807) is 12.5 Å². The van der Waals surface area contributed by atoms with Crippen molar-refractivity contribution in [2.75, 3.05) is 5.43 Å². The quantitative estimate of drug-likeness (QED) is 0.712. The van der Waals surface area contributed by atoms with Crippen LogP contribution in [0, 0.1) is 0 Å². The Hall–Kier alpha value is -0.990. The van der Waals surface area contributed by atoms with Crippen LogP contribution in [0.15, 0.2) is 18.7 Å². The maximum absolute atomic E-state index is 3.94. The lowest BCUT2D eigenvalue weighted by Gasteiger charge is -2.15. The van der Waals surface area contributed by atoms with Crippen molar-refractivity contribution in [1.82, 2.24) is 9.66 Å². The molecule has 0 aliphatic carbocycles. The van der Waals surface area contributed by atoms with Gasteiger partial charge in [0.2, 0.25) is 0 Å². The summed E-state index contributed by atoms with van der Waals surface area (Å²) in [5, 5.41) is 0. The molecule has 62 valence electrons. The summed E-state index contributed by atoms with van der Waals surface area (Å²) in [4.78, 5) is 3.94. The van der Waals surface area contributed by atoms with Crippen LogP contribution < -0.4 is 5.43 Å². The summed E-state index contributed by atoms with van der Waals surface area (Å²) in [6.07, 6.45) is 7.76. The summed E-state index contributed by atoms with van der Waals surface area (Å²) >= 11 is 0. The van der Waals surface area contributed by atoms with E-state index < -0.39 is 0 Å². The number of hydrogen-bond acceptors (Lipinski definition) is 2. The van der Waals surface area contributed by atoms with Crippen LogP contribution in [-0.4, -0.2) is 15.7 Å². The summed E-state index contributed by atoms with van der Waals surface area (Å²) in [5.41, 5.74) is 3.31. The molecule has 0 fully saturated rings. The molecule has 0 bridgehead atoms. The van der Waals surface area contributed by atoms with Crippen molar-refractivity contribution in [3.05, 3.63) is 18.7 Å². The second-order valence-electron chi connectivity index (χ2n) is 2.61. The fraction of sp³-hybridized carbons (Fsp3) is 0.625. The van der Waals surface area contributed by atoms with Crippen molar-refractivity contribution in [2.24, 2.45) is 0 Å². The van der Waals surface area contributed by atoms with Crippen LogP contribution in [0.4, 0.5) is 0 Å². The third kappa shape index (κ3) is 2.26. The molecule has 1 aromatic rings. The number of nitrogens with one attached hydrogen (secondary N) is 1. The standard InChI is InChI=1S/C8H15N3/c1-3-8(4-2)10-11-6-5-9-7-11/h5-8,10H,3-4H2,1-2H3. The fourth-order valence-electron chi connectivity index (χ4n) is 1.02. The van der Waals surface area contributed by atoms with Gasteiger partial charge in [-0.25, -0.2) is 4.98 Å². The first-order valence-electron chi connectivity index (χ1n) is 4.11. The van der Waals surface area contributed by atoms with Crippen LogP contribution in [0.2, 0.25) is 0 Å². The van der Waals surface area contributed by atoms with Crippen molar-refractivity contribution in [1.29, 1.82) is 0 Å². The van der Waals surface area contributed by atoms with Gasteiger partial charge in [-0.05, 0) is 12.8 Å². The molecule has 0 unspecified atom stereocenters. The molecule has 1 aromatic heterocycles. The highest BCUT2D eigenvalue weighted by molar-refractivity contribution is 4.84. The predicted molar refractivity (Wildman–Crippen MR) is 46.0 cm³/mol. The summed E-state index contributed by atoms with van der Waals surface area (Å²) in [6, 6.07) is 0.559. The summed E-state index contributed by atoms with van der Waals surface area (Å²) in [5.74, 6) is 0. The lowest BCUT2D eigenvalue weighted by molar-refractivity contribution is 0.600. The maximum atomic E-state index is 3.94. The molecule has 0 saturated heterocycles. The third-order valence-corrected chi connectivity index (χ3v) is 1.82. The van der Waals surface area contributed by atoms with Crippen LogP contribution >= 0.6 is 0 Å². The average molecular weight is 153 g/mol. The molecule has 0 aromatic carbocycles. The molecule has 3 nitrogen and oxygen atoms in total. The molecule has 1 heterocycles.